The second-order valence-electron chi connectivity index (χ2n) is 9.16. The number of urea groups is 1. The number of rotatable bonds is 3. The molecule has 2 heterocycles. The van der Waals surface area contributed by atoms with Gasteiger partial charge in [-0.05, 0) is 88.2 Å². The van der Waals surface area contributed by atoms with E-state index < -0.39 is 17.8 Å². The van der Waals surface area contributed by atoms with Gasteiger partial charge >= 0.3 is 6.03 Å². The van der Waals surface area contributed by atoms with Gasteiger partial charge in [-0.25, -0.2) is 9.69 Å². The lowest BCUT2D eigenvalue weighted by molar-refractivity contribution is -0.122. The zero-order valence-electron chi connectivity index (χ0n) is 19.3. The van der Waals surface area contributed by atoms with Crippen molar-refractivity contribution >= 4 is 52.5 Å². The number of carbonyl (C=O) groups is 3. The predicted molar refractivity (Wildman–Crippen MR) is 132 cm³/mol. The lowest BCUT2D eigenvalue weighted by Gasteiger charge is -2.46. The first-order valence-corrected chi connectivity index (χ1v) is 11.2. The van der Waals surface area contributed by atoms with Gasteiger partial charge in [-0.1, -0.05) is 23.7 Å². The molecule has 0 radical (unpaired) electrons. The van der Waals surface area contributed by atoms with Crippen LogP contribution in [0.1, 0.15) is 45.7 Å². The number of anilines is 2. The standard InChI is InChI=1S/C26H26ClN3O3/c1-15(2)30-22-11-6-17(12-20(22)16(3)14-26(30,4)5)13-21-23(31)28-25(33)29(24(21)32)19-9-7-18(27)8-10-19/h6-15H,1-5H3,(H,28,31,33)/b21-13+. The van der Waals surface area contributed by atoms with E-state index in [0.717, 1.165) is 21.7 Å². The van der Waals surface area contributed by atoms with Crippen LogP contribution in [0.25, 0.3) is 11.6 Å². The second kappa shape index (κ2) is 8.19. The van der Waals surface area contributed by atoms with E-state index in [1.165, 1.54) is 6.08 Å². The van der Waals surface area contributed by atoms with Crippen LogP contribution in [0.15, 0.2) is 54.1 Å². The third-order valence-corrected chi connectivity index (χ3v) is 6.16. The number of fused-ring (bicyclic) bond motifs is 1. The minimum absolute atomic E-state index is 0.108. The summed E-state index contributed by atoms with van der Waals surface area (Å²) < 4.78 is 0. The normalized spacial score (nSPS) is 19.1. The van der Waals surface area contributed by atoms with Crippen molar-refractivity contribution in [1.82, 2.24) is 5.32 Å². The highest BCUT2D eigenvalue weighted by Crippen LogP contribution is 2.40. The van der Waals surface area contributed by atoms with Gasteiger partial charge in [0.05, 0.1) is 11.2 Å². The largest absolute Gasteiger partial charge is 0.360 e. The van der Waals surface area contributed by atoms with Crippen molar-refractivity contribution in [2.24, 2.45) is 0 Å². The number of halogens is 1. The lowest BCUT2D eigenvalue weighted by Crippen LogP contribution is -2.54. The molecule has 33 heavy (non-hydrogen) atoms. The Balaban J connectivity index is 1.75. The molecule has 1 N–H and O–H groups in total. The van der Waals surface area contributed by atoms with Crippen LogP contribution < -0.4 is 15.1 Å². The average Bonchev–Trinajstić information content (AvgIpc) is 2.71. The van der Waals surface area contributed by atoms with Crippen molar-refractivity contribution < 1.29 is 14.4 Å². The molecule has 1 fully saturated rings. The second-order valence-corrected chi connectivity index (χ2v) is 9.59. The number of benzene rings is 2. The average molecular weight is 464 g/mol. The molecule has 0 saturated carbocycles. The number of imide groups is 2. The van der Waals surface area contributed by atoms with Crippen LogP contribution in [0, 0.1) is 0 Å². The highest BCUT2D eigenvalue weighted by Gasteiger charge is 2.37. The highest BCUT2D eigenvalue weighted by molar-refractivity contribution is 6.39. The van der Waals surface area contributed by atoms with Crippen LogP contribution in [-0.2, 0) is 9.59 Å². The Morgan fingerprint density at radius 3 is 2.33 bits per heavy atom. The predicted octanol–water partition coefficient (Wildman–Crippen LogP) is 5.42. The zero-order chi connectivity index (χ0) is 24.1. The SMILES string of the molecule is CC1=CC(C)(C)N(C(C)C)c2ccc(/C=C3\C(=O)NC(=O)N(c4ccc(Cl)cc4)C3=O)cc21. The summed E-state index contributed by atoms with van der Waals surface area (Å²) in [5.41, 5.74) is 4.08. The maximum Gasteiger partial charge on any atom is 0.335 e. The Morgan fingerprint density at radius 2 is 1.70 bits per heavy atom. The fourth-order valence-electron chi connectivity index (χ4n) is 4.75. The number of amides is 4. The smallest absolute Gasteiger partial charge is 0.335 e. The summed E-state index contributed by atoms with van der Waals surface area (Å²) in [5.74, 6) is -1.40. The van der Waals surface area contributed by atoms with Crippen molar-refractivity contribution in [1.29, 1.82) is 0 Å². The summed E-state index contributed by atoms with van der Waals surface area (Å²) in [6.07, 6.45) is 3.76. The molecule has 2 aliphatic heterocycles. The van der Waals surface area contributed by atoms with E-state index in [-0.39, 0.29) is 17.2 Å². The number of hydrogen-bond acceptors (Lipinski definition) is 4. The first kappa shape index (κ1) is 22.8. The van der Waals surface area contributed by atoms with E-state index in [1.807, 2.05) is 18.2 Å². The van der Waals surface area contributed by atoms with E-state index in [2.05, 4.69) is 50.9 Å². The molecule has 7 heteroatoms. The summed E-state index contributed by atoms with van der Waals surface area (Å²) in [7, 11) is 0. The van der Waals surface area contributed by atoms with Crippen LogP contribution in [0.4, 0.5) is 16.2 Å². The Kier molecular flexibility index (Phi) is 5.66. The lowest BCUT2D eigenvalue weighted by atomic mass is 9.86. The molecule has 1 saturated heterocycles. The molecule has 0 bridgehead atoms. The molecule has 2 aliphatic rings. The first-order valence-electron chi connectivity index (χ1n) is 10.8. The van der Waals surface area contributed by atoms with Crippen molar-refractivity contribution in [3.05, 3.63) is 70.3 Å². The van der Waals surface area contributed by atoms with Crippen LogP contribution in [0.3, 0.4) is 0 Å². The van der Waals surface area contributed by atoms with Crippen LogP contribution in [0.5, 0.6) is 0 Å². The fourth-order valence-corrected chi connectivity index (χ4v) is 4.88. The quantitative estimate of drug-likeness (QED) is 0.487. The van der Waals surface area contributed by atoms with Crippen molar-refractivity contribution in [3.8, 4) is 0 Å². The Morgan fingerprint density at radius 1 is 1.03 bits per heavy atom. The van der Waals surface area contributed by atoms with Crippen LogP contribution in [-0.4, -0.2) is 29.4 Å². The highest BCUT2D eigenvalue weighted by atomic mass is 35.5. The molecule has 0 spiro atoms. The number of hydrogen-bond donors (Lipinski definition) is 1. The molecule has 0 aromatic heterocycles. The Hall–Kier alpha value is -3.38. The van der Waals surface area contributed by atoms with E-state index >= 15 is 0 Å². The van der Waals surface area contributed by atoms with Gasteiger partial charge in [0, 0.05) is 22.3 Å². The van der Waals surface area contributed by atoms with Crippen molar-refractivity contribution in [3.63, 3.8) is 0 Å². The summed E-state index contributed by atoms with van der Waals surface area (Å²) in [6.45, 7) is 10.7. The number of nitrogens with one attached hydrogen (secondary N) is 1. The number of barbiturate groups is 1. The molecule has 0 atom stereocenters. The van der Waals surface area contributed by atoms with Crippen molar-refractivity contribution in [2.75, 3.05) is 9.80 Å². The van der Waals surface area contributed by atoms with E-state index in [9.17, 15) is 14.4 Å². The molecular weight excluding hydrogens is 438 g/mol. The van der Waals surface area contributed by atoms with Crippen molar-refractivity contribution in [2.45, 2.75) is 46.2 Å². The maximum absolute atomic E-state index is 13.1. The number of carbonyl (C=O) groups excluding carboxylic acids is 3. The van der Waals surface area contributed by atoms with Gasteiger partial charge < -0.3 is 4.90 Å². The third-order valence-electron chi connectivity index (χ3n) is 5.91. The number of nitrogens with zero attached hydrogens (tertiary/aromatic N) is 2. The van der Waals surface area contributed by atoms with E-state index in [4.69, 9.17) is 11.6 Å². The molecule has 2 aromatic rings. The summed E-state index contributed by atoms with van der Waals surface area (Å²) in [6, 6.07) is 11.7. The molecule has 0 unspecified atom stereocenters. The maximum atomic E-state index is 13.1. The van der Waals surface area contributed by atoms with Gasteiger partial charge in [-0.15, -0.1) is 0 Å². The zero-order valence-corrected chi connectivity index (χ0v) is 20.0. The van der Waals surface area contributed by atoms with Gasteiger partial charge in [-0.3, -0.25) is 14.9 Å². The monoisotopic (exact) mass is 463 g/mol. The molecule has 6 nitrogen and oxygen atoms in total. The summed E-state index contributed by atoms with van der Waals surface area (Å²) >= 11 is 5.92. The van der Waals surface area contributed by atoms with Gasteiger partial charge in [0.15, 0.2) is 0 Å². The molecule has 0 aliphatic carbocycles. The van der Waals surface area contributed by atoms with Crippen LogP contribution in [0.2, 0.25) is 5.02 Å². The van der Waals surface area contributed by atoms with Gasteiger partial charge in [-0.2, -0.15) is 0 Å². The summed E-state index contributed by atoms with van der Waals surface area (Å²) in [4.78, 5) is 41.4. The molecule has 4 rings (SSSR count). The third kappa shape index (κ3) is 4.07. The number of allylic oxidation sites excluding steroid dienone is 1. The van der Waals surface area contributed by atoms with E-state index in [0.29, 0.717) is 16.3 Å². The molecule has 170 valence electrons. The fraction of sp³-hybridized carbons (Fsp3) is 0.269. The van der Waals surface area contributed by atoms with E-state index in [1.54, 1.807) is 24.3 Å². The van der Waals surface area contributed by atoms with Gasteiger partial charge in [0.1, 0.15) is 5.57 Å². The first-order chi connectivity index (χ1) is 15.5. The Labute approximate surface area is 198 Å². The topological polar surface area (TPSA) is 69.7 Å². The minimum atomic E-state index is -0.788. The minimum Gasteiger partial charge on any atom is -0.360 e. The Bertz CT molecular complexity index is 1230. The molecule has 2 aromatic carbocycles. The summed E-state index contributed by atoms with van der Waals surface area (Å²) in [5, 5.41) is 2.73. The van der Waals surface area contributed by atoms with Gasteiger partial charge in [0.25, 0.3) is 11.8 Å². The molecule has 4 amide bonds. The molecular formula is C26H26ClN3O3. The van der Waals surface area contributed by atoms with Crippen LogP contribution >= 0.6 is 11.6 Å². The van der Waals surface area contributed by atoms with Gasteiger partial charge in [0.2, 0.25) is 0 Å².